The zero-order valence-electron chi connectivity index (χ0n) is 8.40. The molecule has 4 heteroatoms. The minimum atomic E-state index is -0.773. The second kappa shape index (κ2) is 3.83. The summed E-state index contributed by atoms with van der Waals surface area (Å²) in [6.07, 6.45) is 0. The molecule has 1 aliphatic rings. The average molecular weight is 226 g/mol. The van der Waals surface area contributed by atoms with Crippen LogP contribution in [-0.2, 0) is 11.3 Å². The van der Waals surface area contributed by atoms with Crippen molar-refractivity contribution >= 4 is 17.6 Å². The van der Waals surface area contributed by atoms with Gasteiger partial charge in [0.25, 0.3) is 0 Å². The average Bonchev–Trinajstić information content (AvgIpc) is 2.15. The van der Waals surface area contributed by atoms with Crippen LogP contribution < -0.4 is 0 Å². The lowest BCUT2D eigenvalue weighted by molar-refractivity contribution is -0.139. The molecule has 2 rings (SSSR count). The number of nitrogens with zero attached hydrogens (tertiary/aromatic N) is 1. The molecule has 0 fully saturated rings. The maximum atomic E-state index is 11.1. The number of rotatable bonds is 1. The molecule has 1 N–H and O–H groups in total. The Bertz CT molecular complexity index is 406. The Balaban J connectivity index is 2.46. The number of carbonyl (C=O) groups is 1. The molecular formula is C11H12ClNO2. The largest absolute Gasteiger partial charge is 0.481 e. The fourth-order valence-corrected chi connectivity index (χ4v) is 2.22. The van der Waals surface area contributed by atoms with Gasteiger partial charge in [-0.15, -0.1) is 0 Å². The molecular weight excluding hydrogens is 214 g/mol. The van der Waals surface area contributed by atoms with E-state index in [2.05, 4.69) is 0 Å². The smallest absolute Gasteiger partial charge is 0.312 e. The number of fused-ring (bicyclic) bond motifs is 1. The molecule has 1 aromatic rings. The van der Waals surface area contributed by atoms with Crippen LogP contribution in [0.5, 0.6) is 0 Å². The predicted molar refractivity (Wildman–Crippen MR) is 58.2 cm³/mol. The lowest BCUT2D eigenvalue weighted by Gasteiger charge is -2.29. The molecule has 0 spiro atoms. The summed E-state index contributed by atoms with van der Waals surface area (Å²) in [5.41, 5.74) is 1.91. The fourth-order valence-electron chi connectivity index (χ4n) is 2.03. The molecule has 0 bridgehead atoms. The highest BCUT2D eigenvalue weighted by atomic mass is 35.5. The van der Waals surface area contributed by atoms with Crippen molar-refractivity contribution in [2.24, 2.45) is 0 Å². The van der Waals surface area contributed by atoms with E-state index in [1.54, 1.807) is 6.07 Å². The van der Waals surface area contributed by atoms with Crippen LogP contribution in [0.25, 0.3) is 0 Å². The highest BCUT2D eigenvalue weighted by Crippen LogP contribution is 2.29. The number of hydrogen-bond acceptors (Lipinski definition) is 2. The van der Waals surface area contributed by atoms with Gasteiger partial charge >= 0.3 is 5.97 Å². The van der Waals surface area contributed by atoms with Crippen LogP contribution >= 0.6 is 11.6 Å². The zero-order chi connectivity index (χ0) is 11.0. The first-order valence-electron chi connectivity index (χ1n) is 4.77. The van der Waals surface area contributed by atoms with Gasteiger partial charge in [0.2, 0.25) is 0 Å². The maximum absolute atomic E-state index is 11.1. The number of aliphatic carboxylic acids is 1. The van der Waals surface area contributed by atoms with E-state index in [1.807, 2.05) is 24.1 Å². The van der Waals surface area contributed by atoms with Gasteiger partial charge in [0.15, 0.2) is 0 Å². The van der Waals surface area contributed by atoms with Crippen molar-refractivity contribution in [1.29, 1.82) is 0 Å². The first-order chi connectivity index (χ1) is 7.08. The zero-order valence-corrected chi connectivity index (χ0v) is 9.16. The Hall–Kier alpha value is -1.06. The predicted octanol–water partition coefficient (Wildman–Crippen LogP) is 1.95. The van der Waals surface area contributed by atoms with Crippen LogP contribution in [0, 0.1) is 0 Å². The number of halogens is 1. The van der Waals surface area contributed by atoms with Gasteiger partial charge in [0.1, 0.15) is 0 Å². The van der Waals surface area contributed by atoms with Gasteiger partial charge < -0.3 is 10.0 Å². The summed E-state index contributed by atoms with van der Waals surface area (Å²) >= 11 is 5.89. The molecule has 80 valence electrons. The van der Waals surface area contributed by atoms with E-state index in [-0.39, 0.29) is 0 Å². The van der Waals surface area contributed by atoms with Gasteiger partial charge in [0, 0.05) is 18.1 Å². The van der Waals surface area contributed by atoms with Gasteiger partial charge in [-0.1, -0.05) is 17.7 Å². The van der Waals surface area contributed by atoms with E-state index in [9.17, 15) is 4.79 Å². The Morgan fingerprint density at radius 3 is 3.00 bits per heavy atom. The molecule has 1 atom stereocenters. The molecule has 0 aliphatic carbocycles. The van der Waals surface area contributed by atoms with E-state index in [1.165, 1.54) is 0 Å². The van der Waals surface area contributed by atoms with Crippen molar-refractivity contribution in [3.8, 4) is 0 Å². The monoisotopic (exact) mass is 225 g/mol. The van der Waals surface area contributed by atoms with Crippen LogP contribution in [0.1, 0.15) is 17.0 Å². The van der Waals surface area contributed by atoms with Gasteiger partial charge in [-0.25, -0.2) is 0 Å². The summed E-state index contributed by atoms with van der Waals surface area (Å²) in [6, 6.07) is 5.42. The van der Waals surface area contributed by atoms with Crippen LogP contribution in [-0.4, -0.2) is 29.6 Å². The van der Waals surface area contributed by atoms with Crippen LogP contribution in [0.2, 0.25) is 5.02 Å². The first kappa shape index (κ1) is 10.5. The van der Waals surface area contributed by atoms with Crippen LogP contribution in [0.15, 0.2) is 18.2 Å². The van der Waals surface area contributed by atoms with Crippen molar-refractivity contribution in [3.05, 3.63) is 34.3 Å². The van der Waals surface area contributed by atoms with Gasteiger partial charge in [-0.3, -0.25) is 4.79 Å². The molecule has 1 aromatic carbocycles. The van der Waals surface area contributed by atoms with Crippen molar-refractivity contribution in [2.75, 3.05) is 13.6 Å². The molecule has 0 radical (unpaired) electrons. The maximum Gasteiger partial charge on any atom is 0.312 e. The molecule has 15 heavy (non-hydrogen) atoms. The Labute approximate surface area is 93.3 Å². The SMILES string of the molecule is CN1Cc2cc(Cl)ccc2C(C(=O)O)C1. The lowest BCUT2D eigenvalue weighted by atomic mass is 9.90. The Morgan fingerprint density at radius 2 is 2.33 bits per heavy atom. The number of likely N-dealkylation sites (N-methyl/N-ethyl adjacent to an activating group) is 1. The number of carboxylic acid groups (broad SMARTS) is 1. The van der Waals surface area contributed by atoms with E-state index in [0.29, 0.717) is 11.6 Å². The summed E-state index contributed by atoms with van der Waals surface area (Å²) in [6.45, 7) is 1.32. The fraction of sp³-hybridized carbons (Fsp3) is 0.364. The summed E-state index contributed by atoms with van der Waals surface area (Å²) in [7, 11) is 1.92. The van der Waals surface area contributed by atoms with Crippen molar-refractivity contribution in [2.45, 2.75) is 12.5 Å². The van der Waals surface area contributed by atoms with E-state index in [0.717, 1.165) is 17.7 Å². The van der Waals surface area contributed by atoms with Gasteiger partial charge in [-0.2, -0.15) is 0 Å². The number of carboxylic acids is 1. The highest BCUT2D eigenvalue weighted by Gasteiger charge is 2.28. The van der Waals surface area contributed by atoms with Gasteiger partial charge in [-0.05, 0) is 30.3 Å². The molecule has 0 saturated carbocycles. The summed E-state index contributed by atoms with van der Waals surface area (Å²) in [5, 5.41) is 9.77. The quantitative estimate of drug-likeness (QED) is 0.794. The molecule has 0 aromatic heterocycles. The molecule has 1 heterocycles. The first-order valence-corrected chi connectivity index (χ1v) is 5.15. The number of benzene rings is 1. The third-order valence-corrected chi connectivity index (χ3v) is 2.95. The molecule has 1 aliphatic heterocycles. The van der Waals surface area contributed by atoms with E-state index < -0.39 is 11.9 Å². The standard InChI is InChI=1S/C11H12ClNO2/c1-13-5-7-4-8(12)2-3-9(7)10(6-13)11(14)15/h2-4,10H,5-6H2,1H3,(H,14,15). The van der Waals surface area contributed by atoms with Crippen LogP contribution in [0.3, 0.4) is 0 Å². The highest BCUT2D eigenvalue weighted by molar-refractivity contribution is 6.30. The lowest BCUT2D eigenvalue weighted by Crippen LogP contribution is -2.34. The normalized spacial score (nSPS) is 21.1. The summed E-state index contributed by atoms with van der Waals surface area (Å²) in [4.78, 5) is 13.1. The minimum Gasteiger partial charge on any atom is -0.481 e. The van der Waals surface area contributed by atoms with E-state index >= 15 is 0 Å². The number of hydrogen-bond donors (Lipinski definition) is 1. The molecule has 3 nitrogen and oxygen atoms in total. The molecule has 0 amide bonds. The second-order valence-electron chi connectivity index (χ2n) is 3.93. The Kier molecular flexibility index (Phi) is 2.67. The van der Waals surface area contributed by atoms with Crippen molar-refractivity contribution in [3.63, 3.8) is 0 Å². The summed E-state index contributed by atoms with van der Waals surface area (Å²) < 4.78 is 0. The van der Waals surface area contributed by atoms with E-state index in [4.69, 9.17) is 16.7 Å². The van der Waals surface area contributed by atoms with Crippen molar-refractivity contribution < 1.29 is 9.90 Å². The molecule has 1 unspecified atom stereocenters. The van der Waals surface area contributed by atoms with Crippen LogP contribution in [0.4, 0.5) is 0 Å². The van der Waals surface area contributed by atoms with Crippen molar-refractivity contribution in [1.82, 2.24) is 4.90 Å². The third-order valence-electron chi connectivity index (χ3n) is 2.71. The molecule has 0 saturated heterocycles. The minimum absolute atomic E-state index is 0.434. The Morgan fingerprint density at radius 1 is 1.60 bits per heavy atom. The van der Waals surface area contributed by atoms with Gasteiger partial charge in [0.05, 0.1) is 5.92 Å². The second-order valence-corrected chi connectivity index (χ2v) is 4.37. The summed E-state index contributed by atoms with van der Waals surface area (Å²) in [5.74, 6) is -1.21. The third kappa shape index (κ3) is 1.98. The topological polar surface area (TPSA) is 40.5 Å².